The quantitative estimate of drug-likeness (QED) is 0.647. The monoisotopic (exact) mass is 308 g/mol. The number of nitrogens with zero attached hydrogens (tertiary/aromatic N) is 1. The summed E-state index contributed by atoms with van der Waals surface area (Å²) >= 11 is 0. The highest BCUT2D eigenvalue weighted by atomic mass is 32.2. The number of hydrogen-bond donors (Lipinski definition) is 2. The van der Waals surface area contributed by atoms with Crippen LogP contribution in [-0.4, -0.2) is 18.4 Å². The van der Waals surface area contributed by atoms with Crippen LogP contribution < -0.4 is 4.72 Å². The Balaban J connectivity index is 2.46. The highest BCUT2D eigenvalue weighted by molar-refractivity contribution is 7.92. The average Bonchev–Trinajstić information content (AvgIpc) is 2.47. The highest BCUT2D eigenvalue weighted by Gasteiger charge is 2.25. The molecule has 7 nitrogen and oxygen atoms in total. The molecule has 110 valence electrons. The van der Waals surface area contributed by atoms with Crippen molar-refractivity contribution in [2.24, 2.45) is 0 Å². The molecule has 0 atom stereocenters. The van der Waals surface area contributed by atoms with Gasteiger partial charge in [0.15, 0.2) is 4.90 Å². The first kappa shape index (κ1) is 14.9. The van der Waals surface area contributed by atoms with Gasteiger partial charge < -0.3 is 5.11 Å². The zero-order valence-corrected chi connectivity index (χ0v) is 11.6. The van der Waals surface area contributed by atoms with Crippen molar-refractivity contribution in [1.82, 2.24) is 0 Å². The zero-order chi connectivity index (χ0) is 15.5. The second-order valence-electron chi connectivity index (χ2n) is 4.15. The molecule has 21 heavy (non-hydrogen) atoms. The molecule has 0 aliphatic carbocycles. The first-order valence-electron chi connectivity index (χ1n) is 5.90. The van der Waals surface area contributed by atoms with Crippen LogP contribution in [0.3, 0.4) is 0 Å². The number of anilines is 1. The first-order valence-corrected chi connectivity index (χ1v) is 7.39. The molecule has 0 saturated carbocycles. The molecule has 0 radical (unpaired) electrons. The van der Waals surface area contributed by atoms with E-state index >= 15 is 0 Å². The van der Waals surface area contributed by atoms with E-state index in [9.17, 15) is 23.6 Å². The summed E-state index contributed by atoms with van der Waals surface area (Å²) in [5.41, 5.74) is 0.0456. The van der Waals surface area contributed by atoms with Gasteiger partial charge in [-0.25, -0.2) is 8.42 Å². The summed E-state index contributed by atoms with van der Waals surface area (Å²) in [5, 5.41) is 20.1. The number of nitro benzene ring substituents is 1. The minimum atomic E-state index is -4.12. The van der Waals surface area contributed by atoms with Crippen LogP contribution >= 0.6 is 0 Å². The van der Waals surface area contributed by atoms with Crippen LogP contribution in [0.25, 0.3) is 0 Å². The van der Waals surface area contributed by atoms with Crippen molar-refractivity contribution in [1.29, 1.82) is 0 Å². The summed E-state index contributed by atoms with van der Waals surface area (Å²) in [6.07, 6.45) is 0. The van der Waals surface area contributed by atoms with E-state index in [4.69, 9.17) is 0 Å². The van der Waals surface area contributed by atoms with Gasteiger partial charge in [0.25, 0.3) is 15.7 Å². The van der Waals surface area contributed by atoms with E-state index in [1.54, 1.807) is 18.2 Å². The third kappa shape index (κ3) is 3.18. The molecule has 0 saturated heterocycles. The molecule has 0 heterocycles. The van der Waals surface area contributed by atoms with Gasteiger partial charge in [-0.3, -0.25) is 14.8 Å². The number of hydrogen-bond acceptors (Lipinski definition) is 5. The van der Waals surface area contributed by atoms with Gasteiger partial charge in [-0.1, -0.05) is 30.3 Å². The molecule has 2 aromatic carbocycles. The Morgan fingerprint density at radius 3 is 2.38 bits per heavy atom. The number of benzene rings is 2. The number of para-hydroxylation sites is 2. The molecule has 0 spiro atoms. The number of nitro groups is 1. The molecule has 0 bridgehead atoms. The summed E-state index contributed by atoms with van der Waals surface area (Å²) in [6, 6.07) is 11.3. The van der Waals surface area contributed by atoms with Gasteiger partial charge in [0, 0.05) is 11.6 Å². The van der Waals surface area contributed by atoms with Crippen molar-refractivity contribution in [3.8, 4) is 0 Å². The van der Waals surface area contributed by atoms with Crippen molar-refractivity contribution >= 4 is 21.4 Å². The van der Waals surface area contributed by atoms with Crippen LogP contribution in [0.4, 0.5) is 11.4 Å². The number of nitrogens with one attached hydrogen (secondary N) is 1. The van der Waals surface area contributed by atoms with Crippen LogP contribution in [0.2, 0.25) is 0 Å². The van der Waals surface area contributed by atoms with E-state index in [2.05, 4.69) is 4.72 Å². The summed E-state index contributed by atoms with van der Waals surface area (Å²) in [5.74, 6) is 0. The van der Waals surface area contributed by atoms with E-state index in [1.165, 1.54) is 18.2 Å². The second kappa shape index (κ2) is 5.90. The van der Waals surface area contributed by atoms with Crippen LogP contribution in [-0.2, 0) is 16.6 Å². The maximum Gasteiger partial charge on any atom is 0.289 e. The van der Waals surface area contributed by atoms with Gasteiger partial charge >= 0.3 is 0 Å². The molecule has 0 aromatic heterocycles. The number of aliphatic hydroxyl groups is 1. The lowest BCUT2D eigenvalue weighted by Gasteiger charge is -2.11. The minimum absolute atomic E-state index is 0.179. The summed E-state index contributed by atoms with van der Waals surface area (Å²) in [7, 11) is -4.12. The largest absolute Gasteiger partial charge is 0.392 e. The smallest absolute Gasteiger partial charge is 0.289 e. The molecule has 2 rings (SSSR count). The maximum absolute atomic E-state index is 12.3. The average molecular weight is 308 g/mol. The normalized spacial score (nSPS) is 11.1. The predicted octanol–water partition coefficient (Wildman–Crippen LogP) is 1.89. The third-order valence-electron chi connectivity index (χ3n) is 2.78. The Labute approximate surface area is 121 Å². The number of aliphatic hydroxyl groups excluding tert-OH is 1. The van der Waals surface area contributed by atoms with Gasteiger partial charge in [0.1, 0.15) is 0 Å². The Hall–Kier alpha value is -2.45. The van der Waals surface area contributed by atoms with Crippen molar-refractivity contribution in [3.63, 3.8) is 0 Å². The van der Waals surface area contributed by atoms with Crippen molar-refractivity contribution < 1.29 is 18.4 Å². The third-order valence-corrected chi connectivity index (χ3v) is 4.20. The Morgan fingerprint density at radius 2 is 1.71 bits per heavy atom. The topological polar surface area (TPSA) is 110 Å². The van der Waals surface area contributed by atoms with Gasteiger partial charge in [-0.2, -0.15) is 0 Å². The molecular weight excluding hydrogens is 296 g/mol. The number of sulfonamides is 1. The highest BCUT2D eigenvalue weighted by Crippen LogP contribution is 2.26. The lowest BCUT2D eigenvalue weighted by Crippen LogP contribution is -2.15. The van der Waals surface area contributed by atoms with Crippen molar-refractivity contribution in [3.05, 3.63) is 64.2 Å². The summed E-state index contributed by atoms with van der Waals surface area (Å²) in [6.45, 7) is -0.352. The lowest BCUT2D eigenvalue weighted by molar-refractivity contribution is -0.387. The molecule has 0 unspecified atom stereocenters. The predicted molar refractivity (Wildman–Crippen MR) is 76.3 cm³/mol. The fourth-order valence-electron chi connectivity index (χ4n) is 1.79. The van der Waals surface area contributed by atoms with E-state index in [1.807, 2.05) is 0 Å². The van der Waals surface area contributed by atoms with E-state index in [-0.39, 0.29) is 12.3 Å². The van der Waals surface area contributed by atoms with Gasteiger partial charge in [-0.15, -0.1) is 0 Å². The molecule has 0 fully saturated rings. The van der Waals surface area contributed by atoms with Gasteiger partial charge in [0.2, 0.25) is 0 Å². The van der Waals surface area contributed by atoms with E-state index in [0.717, 1.165) is 12.1 Å². The van der Waals surface area contributed by atoms with Crippen LogP contribution in [0.15, 0.2) is 53.4 Å². The Bertz CT molecular complexity index is 774. The van der Waals surface area contributed by atoms with Crippen molar-refractivity contribution in [2.45, 2.75) is 11.5 Å². The maximum atomic E-state index is 12.3. The van der Waals surface area contributed by atoms with Gasteiger partial charge in [-0.05, 0) is 12.1 Å². The summed E-state index contributed by atoms with van der Waals surface area (Å²) in [4.78, 5) is 9.73. The fraction of sp³-hybridized carbons (Fsp3) is 0.0769. The number of rotatable bonds is 5. The fourth-order valence-corrected chi connectivity index (χ4v) is 3.07. The molecule has 2 aromatic rings. The van der Waals surface area contributed by atoms with E-state index < -0.39 is 25.5 Å². The van der Waals surface area contributed by atoms with Crippen LogP contribution in [0.5, 0.6) is 0 Å². The van der Waals surface area contributed by atoms with Gasteiger partial charge in [0.05, 0.1) is 17.2 Å². The molecule has 0 aliphatic rings. The Morgan fingerprint density at radius 1 is 1.10 bits per heavy atom. The van der Waals surface area contributed by atoms with Crippen LogP contribution in [0, 0.1) is 10.1 Å². The zero-order valence-electron chi connectivity index (χ0n) is 10.8. The molecular formula is C13H12N2O5S. The minimum Gasteiger partial charge on any atom is -0.392 e. The molecule has 8 heteroatoms. The van der Waals surface area contributed by atoms with Crippen molar-refractivity contribution in [2.75, 3.05) is 4.72 Å². The lowest BCUT2D eigenvalue weighted by atomic mass is 10.2. The molecule has 0 aliphatic heterocycles. The Kier molecular flexibility index (Phi) is 4.20. The second-order valence-corrected chi connectivity index (χ2v) is 5.80. The standard InChI is InChI=1S/C13H12N2O5S/c16-9-10-5-1-2-6-11(10)14-21(19,20)13-8-4-3-7-12(13)15(17)18/h1-8,14,16H,9H2. The van der Waals surface area contributed by atoms with Crippen LogP contribution in [0.1, 0.15) is 5.56 Å². The van der Waals surface area contributed by atoms with E-state index in [0.29, 0.717) is 5.56 Å². The summed E-state index contributed by atoms with van der Waals surface area (Å²) < 4.78 is 26.9. The SMILES string of the molecule is O=[N+]([O-])c1ccccc1S(=O)(=O)Nc1ccccc1CO. The molecule has 2 N–H and O–H groups in total. The first-order chi connectivity index (χ1) is 9.95. The molecule has 0 amide bonds.